The first-order valence-electron chi connectivity index (χ1n) is 18.4. The molecule has 0 saturated heterocycles. The van der Waals surface area contributed by atoms with Crippen LogP contribution in [0.25, 0.3) is 0 Å². The molecule has 3 nitrogen and oxygen atoms in total. The quantitative estimate of drug-likeness (QED) is 0.0331. The Balaban J connectivity index is 0.000000319. The predicted molar refractivity (Wildman–Crippen MR) is 192 cm³/mol. The van der Waals surface area contributed by atoms with E-state index in [0.717, 1.165) is 12.4 Å². The van der Waals surface area contributed by atoms with Crippen molar-refractivity contribution in [1.29, 1.82) is 0 Å². The second kappa shape index (κ2) is 21.6. The van der Waals surface area contributed by atoms with Gasteiger partial charge in [0, 0.05) is 6.61 Å². The van der Waals surface area contributed by atoms with Gasteiger partial charge in [-0.2, -0.15) is 0 Å². The molecule has 0 spiro atoms. The summed E-state index contributed by atoms with van der Waals surface area (Å²) < 4.78 is 313. The molecule has 0 aliphatic carbocycles. The fourth-order valence-corrected chi connectivity index (χ4v) is 9.12. The van der Waals surface area contributed by atoms with Crippen molar-refractivity contribution in [2.75, 3.05) is 33.0 Å². The van der Waals surface area contributed by atoms with Crippen molar-refractivity contribution in [3.8, 4) is 5.75 Å². The Labute approximate surface area is 374 Å². The monoisotopic (exact) mass is 1090 g/mol. The van der Waals surface area contributed by atoms with Gasteiger partial charge in [0.05, 0.1) is 19.8 Å². The molecule has 0 saturated carbocycles. The van der Waals surface area contributed by atoms with Crippen LogP contribution in [0, 0.1) is 123 Å². The van der Waals surface area contributed by atoms with Gasteiger partial charge in [-0.15, -0.1) is 21.9 Å². The molecular formula is C42H22BF20IO3. The minimum Gasteiger partial charge on any atom is -0.486 e. The van der Waals surface area contributed by atoms with Crippen LogP contribution in [0.15, 0.2) is 54.6 Å². The number of benzene rings is 6. The predicted octanol–water partition coefficient (Wildman–Crippen LogP) is 6.09. The maximum atomic E-state index is 15.4. The van der Waals surface area contributed by atoms with Gasteiger partial charge in [0.2, 0.25) is 3.57 Å². The third kappa shape index (κ3) is 9.62. The van der Waals surface area contributed by atoms with E-state index in [4.69, 9.17) is 14.2 Å². The van der Waals surface area contributed by atoms with E-state index in [-0.39, 0.29) is 21.2 Å². The topological polar surface area (TPSA) is 27.7 Å². The number of hydrogen-bond acceptors (Lipinski definition) is 3. The van der Waals surface area contributed by atoms with Crippen molar-refractivity contribution >= 4 is 28.0 Å². The highest BCUT2D eigenvalue weighted by molar-refractivity contribution is 7.20. The normalized spacial score (nSPS) is 11.5. The minimum atomic E-state index is -7.22. The molecule has 0 atom stereocenters. The summed E-state index contributed by atoms with van der Waals surface area (Å²) in [5.41, 5.74) is -14.3. The minimum absolute atomic E-state index is 0.213. The van der Waals surface area contributed by atoms with Crippen LogP contribution < -0.4 is 47.8 Å². The van der Waals surface area contributed by atoms with E-state index >= 15 is 35.1 Å². The zero-order chi connectivity index (χ0) is 49.8. The molecule has 6 aromatic rings. The number of para-hydroxylation sites is 1. The summed E-state index contributed by atoms with van der Waals surface area (Å²) in [6.07, 6.45) is -7.22. The van der Waals surface area contributed by atoms with Crippen molar-refractivity contribution in [3.63, 3.8) is 0 Å². The van der Waals surface area contributed by atoms with Gasteiger partial charge in [-0.3, -0.25) is 0 Å². The van der Waals surface area contributed by atoms with Gasteiger partial charge in [0.15, 0.2) is 79.1 Å². The number of rotatable bonds is 14. The van der Waals surface area contributed by atoms with Crippen LogP contribution >= 0.6 is 0 Å². The number of halogens is 21. The molecule has 0 amide bonds. The maximum absolute atomic E-state index is 15.4. The fourth-order valence-electron chi connectivity index (χ4n) is 6.68. The van der Waals surface area contributed by atoms with Crippen molar-refractivity contribution in [1.82, 2.24) is 0 Å². The Hall–Kier alpha value is -5.57. The summed E-state index contributed by atoms with van der Waals surface area (Å²) in [5.74, 6) is -70.4. The lowest BCUT2D eigenvalue weighted by atomic mass is 9.12. The first-order valence-corrected chi connectivity index (χ1v) is 20.6. The van der Waals surface area contributed by atoms with Gasteiger partial charge >= 0.3 is 21.2 Å². The van der Waals surface area contributed by atoms with Crippen LogP contribution in [0.4, 0.5) is 87.8 Å². The molecule has 6 aromatic carbocycles. The van der Waals surface area contributed by atoms with Gasteiger partial charge in [0.25, 0.3) is 0 Å². The van der Waals surface area contributed by atoms with Gasteiger partial charge in [-0.1, -0.05) is 30.3 Å². The molecule has 0 bridgehead atoms. The van der Waals surface area contributed by atoms with E-state index < -0.39 is 144 Å². The summed E-state index contributed by atoms with van der Waals surface area (Å²) in [7, 11) is 0. The molecule has 358 valence electrons. The second-order valence-electron chi connectivity index (χ2n) is 13.3. The van der Waals surface area contributed by atoms with Gasteiger partial charge in [-0.25, -0.2) is 87.8 Å². The highest BCUT2D eigenvalue weighted by atomic mass is 127. The Morgan fingerprint density at radius 3 is 0.970 bits per heavy atom. The Kier molecular flexibility index (Phi) is 16.9. The molecule has 0 heterocycles. The van der Waals surface area contributed by atoms with Gasteiger partial charge in [-0.05, 0) is 31.2 Å². The van der Waals surface area contributed by atoms with E-state index in [2.05, 4.69) is 42.5 Å². The van der Waals surface area contributed by atoms with Gasteiger partial charge in [0.1, 0.15) is 59.3 Å². The largest absolute Gasteiger partial charge is 0.486 e. The molecule has 0 aromatic heterocycles. The number of ether oxygens (including phenoxy) is 3. The van der Waals surface area contributed by atoms with E-state index in [1.54, 1.807) is 0 Å². The van der Waals surface area contributed by atoms with Crippen LogP contribution in [-0.2, 0) is 9.47 Å². The van der Waals surface area contributed by atoms with Crippen molar-refractivity contribution < 1.29 is 123 Å². The lowest BCUT2D eigenvalue weighted by Crippen LogP contribution is -3.61. The zero-order valence-corrected chi connectivity index (χ0v) is 35.1. The SMILES string of the molecule is CCOCCOCCOc1ccccc1[I+]c1ccccc1.Fc1c(F)c(F)c([B-](c2c(F)c(F)c(F)c(F)c2F)(c2c(F)c(F)c(F)c(F)c2F)c2c(F)c(F)c(F)c(F)c2F)c(F)c1F. The summed E-state index contributed by atoms with van der Waals surface area (Å²) in [6, 6.07) is 18.9. The maximum Gasteiger partial charge on any atom is 0.362 e. The molecule has 67 heavy (non-hydrogen) atoms. The Morgan fingerprint density at radius 1 is 0.343 bits per heavy atom. The lowest BCUT2D eigenvalue weighted by Gasteiger charge is -2.44. The molecule has 0 fully saturated rings. The molecule has 0 unspecified atom stereocenters. The molecule has 6 rings (SSSR count). The van der Waals surface area contributed by atoms with E-state index in [1.165, 1.54) is 7.14 Å². The fraction of sp³-hybridized carbons (Fsp3) is 0.143. The third-order valence-electron chi connectivity index (χ3n) is 9.55. The summed E-state index contributed by atoms with van der Waals surface area (Å²) in [5, 5.41) is 0. The first-order chi connectivity index (χ1) is 31.6. The molecular weight excluding hydrogens is 1070 g/mol. The Bertz CT molecular complexity index is 2430. The molecule has 25 heteroatoms. The van der Waals surface area contributed by atoms with E-state index in [0.29, 0.717) is 26.4 Å². The lowest BCUT2D eigenvalue weighted by molar-refractivity contribution is -0.598. The van der Waals surface area contributed by atoms with Crippen LogP contribution in [0.3, 0.4) is 0 Å². The van der Waals surface area contributed by atoms with E-state index in [1.807, 2.05) is 19.1 Å². The number of hydrogen-bond donors (Lipinski definition) is 0. The highest BCUT2D eigenvalue weighted by Gasteiger charge is 2.52. The molecule has 0 N–H and O–H groups in total. The summed E-state index contributed by atoms with van der Waals surface area (Å²) >= 11 is -0.213. The summed E-state index contributed by atoms with van der Waals surface area (Å²) in [6.45, 7) is 5.14. The smallest absolute Gasteiger partial charge is 0.362 e. The zero-order valence-electron chi connectivity index (χ0n) is 33.0. The summed E-state index contributed by atoms with van der Waals surface area (Å²) in [4.78, 5) is 0. The van der Waals surface area contributed by atoms with E-state index in [9.17, 15) is 52.7 Å². The molecule has 0 radical (unpaired) electrons. The Morgan fingerprint density at radius 2 is 0.627 bits per heavy atom. The third-order valence-corrected chi connectivity index (χ3v) is 12.4. The van der Waals surface area contributed by atoms with Gasteiger partial charge < -0.3 is 14.2 Å². The molecule has 0 aliphatic heterocycles. The average Bonchev–Trinajstić information content (AvgIpc) is 3.32. The average molecular weight is 1090 g/mol. The second-order valence-corrected chi connectivity index (χ2v) is 16.2. The van der Waals surface area contributed by atoms with Crippen LogP contribution in [0.2, 0.25) is 0 Å². The molecule has 0 aliphatic rings. The van der Waals surface area contributed by atoms with Crippen LogP contribution in [0.5, 0.6) is 5.75 Å². The first kappa shape index (κ1) is 52.4. The highest BCUT2D eigenvalue weighted by Crippen LogP contribution is 2.30. The van der Waals surface area contributed by atoms with Crippen molar-refractivity contribution in [3.05, 3.63) is 178 Å². The van der Waals surface area contributed by atoms with Crippen molar-refractivity contribution in [2.45, 2.75) is 6.92 Å². The van der Waals surface area contributed by atoms with Crippen LogP contribution in [-0.4, -0.2) is 39.2 Å². The standard InChI is InChI=1S/C24BF20.C18H22IO3/c26-5-1(6(27)14(35)21(42)13(5)34)25(2-7(28)15(36)22(43)16(37)8(2)29,3-9(30)17(38)23(44)18(39)10(3)31)4-11(32)19(40)24(45)20(41)12(4)33;1-2-20-12-13-21-14-15-22-18-11-7-6-10-17(18)19-16-8-4-3-5-9-16/h;3-11H,2,12-15H2,1H3/q-1;+1. The van der Waals surface area contributed by atoms with Crippen molar-refractivity contribution in [2.24, 2.45) is 0 Å². The van der Waals surface area contributed by atoms with Crippen LogP contribution in [0.1, 0.15) is 6.92 Å².